The summed E-state index contributed by atoms with van der Waals surface area (Å²) in [6, 6.07) is -14.3. The van der Waals surface area contributed by atoms with Crippen LogP contribution in [0.1, 0.15) is 96.3 Å². The smallest absolute Gasteiger partial charge is 0.326 e. The number of amides is 7. The molecule has 0 rings (SSSR count). The molecule has 0 radical (unpaired) electrons. The first kappa shape index (κ1) is 63.8. The van der Waals surface area contributed by atoms with Gasteiger partial charge in [0.1, 0.15) is 42.3 Å². The van der Waals surface area contributed by atoms with E-state index in [2.05, 4.69) is 49.1 Å². The summed E-state index contributed by atoms with van der Waals surface area (Å²) in [6.07, 6.45) is -9.47. The highest BCUT2D eigenvalue weighted by molar-refractivity contribution is 5.98. The largest absolute Gasteiger partial charge is 0.481 e. The molecule has 0 saturated heterocycles. The van der Waals surface area contributed by atoms with Crippen molar-refractivity contribution in [2.45, 2.75) is 145 Å². The van der Waals surface area contributed by atoms with E-state index in [0.717, 1.165) is 6.08 Å². The lowest BCUT2D eigenvalue weighted by Crippen LogP contribution is -2.60. The van der Waals surface area contributed by atoms with Gasteiger partial charge in [-0.25, -0.2) is 4.79 Å². The molecule has 8 unspecified atom stereocenters. The maximum Gasteiger partial charge on any atom is 0.326 e. The minimum atomic E-state index is -2.02. The SMILES string of the molecule is C=CCC(NC(=O)C(CCC(=O)O)NC(=O)C(CCC(=O)O)NC(=O)C(CCC(=O)O)NC(=O)C(CCC(=O)O)NC(=O)C(CCC(=O)O)NC(=O)C(CCC(=O)O)NC(=O)C(CCC(=O)O)NC)C(=O)O. The lowest BCUT2D eigenvalue weighted by molar-refractivity contribution is -0.143. The zero-order valence-corrected chi connectivity index (χ0v) is 38.7. The number of carboxylic acid groups (broad SMARTS) is 8. The molecule has 0 aromatic rings. The van der Waals surface area contributed by atoms with Crippen LogP contribution in [0.5, 0.6) is 0 Å². The lowest BCUT2D eigenvalue weighted by atomic mass is 10.0. The molecule has 0 aromatic carbocycles. The molecule has 0 spiro atoms. The predicted octanol–water partition coefficient (Wildman–Crippen LogP) is -4.32. The van der Waals surface area contributed by atoms with Gasteiger partial charge in [-0.2, -0.15) is 0 Å². The van der Waals surface area contributed by atoms with Crippen molar-refractivity contribution in [3.05, 3.63) is 12.7 Å². The van der Waals surface area contributed by atoms with Gasteiger partial charge in [-0.15, -0.1) is 6.58 Å². The summed E-state index contributed by atoms with van der Waals surface area (Å²) >= 11 is 0. The fourth-order valence-electron chi connectivity index (χ4n) is 6.19. The maximum absolute atomic E-state index is 13.8. The number of carbonyl (C=O) groups excluding carboxylic acids is 7. The Morgan fingerprint density at radius 2 is 0.486 bits per heavy atom. The van der Waals surface area contributed by atoms with E-state index >= 15 is 0 Å². The third-order valence-electron chi connectivity index (χ3n) is 10.0. The Morgan fingerprint density at radius 1 is 0.319 bits per heavy atom. The topological polar surface area (TPSA) is 514 Å². The zero-order chi connectivity index (χ0) is 55.2. The van der Waals surface area contributed by atoms with Gasteiger partial charge < -0.3 is 83.4 Å². The number of likely N-dealkylation sites (N-methyl/N-ethyl adjacent to an activating group) is 1. The van der Waals surface area contributed by atoms with Crippen molar-refractivity contribution in [3.63, 3.8) is 0 Å². The Bertz CT molecular complexity index is 2030. The molecule has 402 valence electrons. The summed E-state index contributed by atoms with van der Waals surface area (Å²) in [5.41, 5.74) is 0. The second-order valence-corrected chi connectivity index (χ2v) is 15.7. The summed E-state index contributed by atoms with van der Waals surface area (Å²) in [5, 5.41) is 91.9. The highest BCUT2D eigenvalue weighted by atomic mass is 16.4. The first-order chi connectivity index (χ1) is 33.6. The second-order valence-electron chi connectivity index (χ2n) is 15.7. The molecule has 0 aliphatic rings. The molecule has 0 heterocycles. The van der Waals surface area contributed by atoms with Gasteiger partial charge in [-0.1, -0.05) is 6.08 Å². The molecule has 0 saturated carbocycles. The number of hydrogen-bond donors (Lipinski definition) is 16. The quantitative estimate of drug-likeness (QED) is 0.0259. The van der Waals surface area contributed by atoms with Gasteiger partial charge in [-0.05, 0) is 58.4 Å². The van der Waals surface area contributed by atoms with Gasteiger partial charge in [0.25, 0.3) is 0 Å². The highest BCUT2D eigenvalue weighted by Crippen LogP contribution is 2.10. The number of carbonyl (C=O) groups is 15. The van der Waals surface area contributed by atoms with E-state index in [1.807, 2.05) is 0 Å². The molecular weight excluding hydrogens is 972 g/mol. The van der Waals surface area contributed by atoms with Crippen LogP contribution in [0.4, 0.5) is 0 Å². The van der Waals surface area contributed by atoms with Crippen molar-refractivity contribution in [2.75, 3.05) is 7.05 Å². The third kappa shape index (κ3) is 27.1. The Labute approximate surface area is 408 Å². The van der Waals surface area contributed by atoms with Gasteiger partial charge in [0.05, 0.1) is 6.04 Å². The van der Waals surface area contributed by atoms with Gasteiger partial charge >= 0.3 is 47.8 Å². The fourth-order valence-corrected chi connectivity index (χ4v) is 6.19. The number of hydrogen-bond acceptors (Lipinski definition) is 16. The van der Waals surface area contributed by atoms with Gasteiger partial charge in [0.15, 0.2) is 0 Å². The summed E-state index contributed by atoms with van der Waals surface area (Å²) in [7, 11) is 1.28. The molecular formula is C41H60N8O23. The number of aliphatic carboxylic acids is 8. The van der Waals surface area contributed by atoms with Crippen molar-refractivity contribution in [1.82, 2.24) is 42.5 Å². The van der Waals surface area contributed by atoms with Crippen LogP contribution in [-0.4, -0.2) is 185 Å². The van der Waals surface area contributed by atoms with E-state index in [-0.39, 0.29) is 12.8 Å². The van der Waals surface area contributed by atoms with Crippen LogP contribution in [0.2, 0.25) is 0 Å². The van der Waals surface area contributed by atoms with Gasteiger partial charge in [-0.3, -0.25) is 67.1 Å². The first-order valence-electron chi connectivity index (χ1n) is 21.8. The second kappa shape index (κ2) is 33.3. The van der Waals surface area contributed by atoms with Crippen LogP contribution >= 0.6 is 0 Å². The average molecular weight is 1030 g/mol. The molecule has 0 aliphatic heterocycles. The van der Waals surface area contributed by atoms with Crippen molar-refractivity contribution >= 4 is 89.1 Å². The highest BCUT2D eigenvalue weighted by Gasteiger charge is 2.35. The lowest BCUT2D eigenvalue weighted by Gasteiger charge is -2.27. The Hall–Kier alpha value is -8.25. The van der Waals surface area contributed by atoms with Gasteiger partial charge in [0.2, 0.25) is 41.4 Å². The van der Waals surface area contributed by atoms with Crippen molar-refractivity contribution in [3.8, 4) is 0 Å². The van der Waals surface area contributed by atoms with Crippen LogP contribution in [0, 0.1) is 0 Å². The molecule has 8 atom stereocenters. The molecule has 0 fully saturated rings. The monoisotopic (exact) mass is 1030 g/mol. The Balaban J connectivity index is 6.92. The number of nitrogens with one attached hydrogen (secondary N) is 8. The van der Waals surface area contributed by atoms with E-state index in [1.165, 1.54) is 7.05 Å². The molecule has 31 heteroatoms. The predicted molar refractivity (Wildman–Crippen MR) is 237 cm³/mol. The summed E-state index contributed by atoms with van der Waals surface area (Å²) in [5.74, 6) is -20.9. The normalized spacial score (nSPS) is 14.0. The molecule has 31 nitrogen and oxygen atoms in total. The molecule has 72 heavy (non-hydrogen) atoms. The van der Waals surface area contributed by atoms with E-state index in [4.69, 9.17) is 5.11 Å². The van der Waals surface area contributed by atoms with Crippen LogP contribution < -0.4 is 42.5 Å². The summed E-state index contributed by atoms with van der Waals surface area (Å²) in [4.78, 5) is 186. The van der Waals surface area contributed by atoms with E-state index < -0.39 is 221 Å². The molecule has 16 N–H and O–H groups in total. The van der Waals surface area contributed by atoms with E-state index in [0.29, 0.717) is 0 Å². The van der Waals surface area contributed by atoms with Crippen molar-refractivity contribution < 1.29 is 113 Å². The minimum Gasteiger partial charge on any atom is -0.481 e. The zero-order valence-electron chi connectivity index (χ0n) is 38.7. The summed E-state index contributed by atoms with van der Waals surface area (Å²) in [6.45, 7) is 3.36. The Kier molecular flexibility index (Phi) is 29.5. The van der Waals surface area contributed by atoms with E-state index in [9.17, 15) is 108 Å². The Morgan fingerprint density at radius 3 is 0.639 bits per heavy atom. The van der Waals surface area contributed by atoms with Crippen LogP contribution in [0.15, 0.2) is 12.7 Å². The van der Waals surface area contributed by atoms with Crippen LogP contribution in [0.3, 0.4) is 0 Å². The minimum absolute atomic E-state index is 0.292. The average Bonchev–Trinajstić information content (AvgIpc) is 3.28. The third-order valence-corrected chi connectivity index (χ3v) is 10.0. The number of rotatable bonds is 39. The fraction of sp³-hybridized carbons (Fsp3) is 0.585. The molecule has 0 bridgehead atoms. The first-order valence-corrected chi connectivity index (χ1v) is 21.8. The van der Waals surface area contributed by atoms with Crippen molar-refractivity contribution in [2.24, 2.45) is 0 Å². The molecule has 7 amide bonds. The van der Waals surface area contributed by atoms with E-state index in [1.54, 1.807) is 0 Å². The summed E-state index contributed by atoms with van der Waals surface area (Å²) < 4.78 is 0. The maximum atomic E-state index is 13.8. The van der Waals surface area contributed by atoms with Gasteiger partial charge in [0, 0.05) is 44.9 Å². The van der Waals surface area contributed by atoms with Crippen molar-refractivity contribution in [1.29, 1.82) is 0 Å². The molecule has 0 aromatic heterocycles. The standard InChI is InChI=1S/C41H60N8O23/c1-3-4-26(41(71)72)49-40(70)25(11-18-33(62)63)48-39(69)24(10-17-32(60)61)47-38(68)23(9-16-31(58)59)46-37(67)22(8-15-30(56)57)45-36(66)21(7-14-29(54)55)44-35(65)20(6-13-28(52)53)43-34(64)19(42-2)5-12-27(50)51/h3,19-26,42H,1,4-18H2,2H3,(H,43,64)(H,44,65)(H,45,66)(H,46,67)(H,47,68)(H,48,69)(H,49,70)(H,50,51)(H,52,53)(H,54,55)(H,56,57)(H,58,59)(H,60,61)(H,62,63)(H,71,72). The van der Waals surface area contributed by atoms with Crippen LogP contribution in [0.25, 0.3) is 0 Å². The number of carboxylic acids is 8. The molecule has 0 aliphatic carbocycles. The van der Waals surface area contributed by atoms with Crippen LogP contribution in [-0.2, 0) is 71.9 Å².